The number of carbonyl (C=O) groups excluding carboxylic acids is 3. The number of carbonyl (C=O) groups is 3. The first kappa shape index (κ1) is 21.6. The van der Waals surface area contributed by atoms with Crippen molar-refractivity contribution in [1.82, 2.24) is 4.90 Å². The average Bonchev–Trinajstić information content (AvgIpc) is 3.68. The van der Waals surface area contributed by atoms with Gasteiger partial charge in [-0.3, -0.25) is 9.59 Å². The fourth-order valence-electron chi connectivity index (χ4n) is 3.86. The number of anilines is 1. The number of amides is 2. The van der Waals surface area contributed by atoms with Crippen LogP contribution in [0.25, 0.3) is 0 Å². The Labute approximate surface area is 187 Å². The zero-order valence-corrected chi connectivity index (χ0v) is 18.1. The van der Waals surface area contributed by atoms with Crippen LogP contribution >= 0.6 is 0 Å². The third-order valence-electron chi connectivity index (χ3n) is 5.87. The second-order valence-electron chi connectivity index (χ2n) is 8.27. The van der Waals surface area contributed by atoms with Crippen molar-refractivity contribution in [3.8, 4) is 11.8 Å². The fourth-order valence-corrected chi connectivity index (χ4v) is 3.86. The van der Waals surface area contributed by atoms with Gasteiger partial charge in [0, 0.05) is 41.7 Å². The number of ether oxygens (including phenoxy) is 1. The van der Waals surface area contributed by atoms with Gasteiger partial charge in [0.15, 0.2) is 0 Å². The number of nitrogens with one attached hydrogen (secondary N) is 1. The van der Waals surface area contributed by atoms with Gasteiger partial charge in [-0.2, -0.15) is 0 Å². The van der Waals surface area contributed by atoms with Gasteiger partial charge in [0.1, 0.15) is 0 Å². The molecule has 0 unspecified atom stereocenters. The van der Waals surface area contributed by atoms with Crippen LogP contribution in [0.15, 0.2) is 48.5 Å². The van der Waals surface area contributed by atoms with Gasteiger partial charge in [-0.05, 0) is 62.1 Å². The van der Waals surface area contributed by atoms with Crippen LogP contribution in [0.2, 0.25) is 0 Å². The van der Waals surface area contributed by atoms with Crippen LogP contribution in [0.4, 0.5) is 5.69 Å². The van der Waals surface area contributed by atoms with Crippen LogP contribution in [-0.2, 0) is 14.3 Å². The molecule has 0 radical (unpaired) electrons. The molecule has 1 N–H and O–H groups in total. The van der Waals surface area contributed by atoms with Gasteiger partial charge in [0.2, 0.25) is 11.8 Å². The van der Waals surface area contributed by atoms with Gasteiger partial charge >= 0.3 is 5.97 Å². The molecule has 2 fully saturated rings. The molecule has 1 heterocycles. The maximum absolute atomic E-state index is 12.7. The molecular formula is C26H26N2O4. The van der Waals surface area contributed by atoms with Crippen molar-refractivity contribution in [3.05, 3.63) is 65.2 Å². The van der Waals surface area contributed by atoms with Gasteiger partial charge in [0.25, 0.3) is 0 Å². The Bertz CT molecular complexity index is 1090. The number of benzene rings is 2. The Hall–Kier alpha value is -3.59. The van der Waals surface area contributed by atoms with Crippen LogP contribution in [0.5, 0.6) is 0 Å². The minimum atomic E-state index is -0.402. The first-order valence-corrected chi connectivity index (χ1v) is 10.9. The molecule has 6 heteroatoms. The molecule has 0 spiro atoms. The standard InChI is InChI=1S/C26H26N2O4/c1-32-26(31)22-6-2-4-18(16-22)8-9-19-5-3-7-23(17-19)27-24(29)20-12-14-28(15-13-20)25(30)21-10-11-21/h2-7,16-17,20-21H,10-15H2,1H3,(H,27,29). The maximum atomic E-state index is 12.7. The van der Waals surface area contributed by atoms with Crippen molar-refractivity contribution in [2.45, 2.75) is 25.7 Å². The lowest BCUT2D eigenvalue weighted by Crippen LogP contribution is -2.42. The van der Waals surface area contributed by atoms with E-state index in [2.05, 4.69) is 17.2 Å². The summed E-state index contributed by atoms with van der Waals surface area (Å²) in [4.78, 5) is 38.5. The maximum Gasteiger partial charge on any atom is 0.337 e. The number of hydrogen-bond acceptors (Lipinski definition) is 4. The van der Waals surface area contributed by atoms with Crippen LogP contribution < -0.4 is 5.32 Å². The Morgan fingerprint density at radius 2 is 1.56 bits per heavy atom. The van der Waals surface area contributed by atoms with E-state index in [0.29, 0.717) is 42.7 Å². The zero-order valence-electron chi connectivity index (χ0n) is 18.1. The molecule has 2 amide bonds. The smallest absolute Gasteiger partial charge is 0.337 e. The molecule has 164 valence electrons. The van der Waals surface area contributed by atoms with E-state index < -0.39 is 5.97 Å². The first-order valence-electron chi connectivity index (χ1n) is 10.9. The van der Waals surface area contributed by atoms with E-state index in [4.69, 9.17) is 4.74 Å². The van der Waals surface area contributed by atoms with Crippen LogP contribution in [0, 0.1) is 23.7 Å². The van der Waals surface area contributed by atoms with Crippen molar-refractivity contribution in [2.24, 2.45) is 11.8 Å². The van der Waals surface area contributed by atoms with Gasteiger partial charge < -0.3 is 15.0 Å². The molecule has 1 saturated carbocycles. The lowest BCUT2D eigenvalue weighted by molar-refractivity contribution is -0.135. The highest BCUT2D eigenvalue weighted by Gasteiger charge is 2.35. The number of nitrogens with zero attached hydrogens (tertiary/aromatic N) is 1. The lowest BCUT2D eigenvalue weighted by atomic mass is 9.95. The Kier molecular flexibility index (Phi) is 6.55. The molecule has 2 aromatic rings. The van der Waals surface area contributed by atoms with E-state index in [1.54, 1.807) is 18.2 Å². The van der Waals surface area contributed by atoms with Crippen molar-refractivity contribution in [2.75, 3.05) is 25.5 Å². The summed E-state index contributed by atoms with van der Waals surface area (Å²) in [5.41, 5.74) is 2.61. The minimum Gasteiger partial charge on any atom is -0.465 e. The highest BCUT2D eigenvalue weighted by molar-refractivity contribution is 5.93. The predicted octanol–water partition coefficient (Wildman–Crippen LogP) is 3.46. The molecule has 1 aliphatic carbocycles. The molecule has 1 saturated heterocycles. The fraction of sp³-hybridized carbons (Fsp3) is 0.346. The molecule has 6 nitrogen and oxygen atoms in total. The number of rotatable bonds is 4. The van der Waals surface area contributed by atoms with Crippen LogP contribution in [0.1, 0.15) is 47.2 Å². The first-order chi connectivity index (χ1) is 15.5. The van der Waals surface area contributed by atoms with Crippen molar-refractivity contribution in [1.29, 1.82) is 0 Å². The summed E-state index contributed by atoms with van der Waals surface area (Å²) in [6.45, 7) is 1.31. The summed E-state index contributed by atoms with van der Waals surface area (Å²) in [5.74, 6) is 6.10. The van der Waals surface area contributed by atoms with Gasteiger partial charge in [-0.15, -0.1) is 0 Å². The van der Waals surface area contributed by atoms with Gasteiger partial charge in [-0.25, -0.2) is 4.79 Å². The van der Waals surface area contributed by atoms with Crippen molar-refractivity contribution >= 4 is 23.5 Å². The second-order valence-corrected chi connectivity index (χ2v) is 8.27. The quantitative estimate of drug-likeness (QED) is 0.595. The summed E-state index contributed by atoms with van der Waals surface area (Å²) in [6, 6.07) is 14.3. The molecule has 0 bridgehead atoms. The summed E-state index contributed by atoms with van der Waals surface area (Å²) in [6.07, 6.45) is 3.41. The summed E-state index contributed by atoms with van der Waals surface area (Å²) in [7, 11) is 1.34. The van der Waals surface area contributed by atoms with E-state index in [1.807, 2.05) is 35.2 Å². The summed E-state index contributed by atoms with van der Waals surface area (Å²) in [5, 5.41) is 2.99. The highest BCUT2D eigenvalue weighted by Crippen LogP contribution is 2.32. The summed E-state index contributed by atoms with van der Waals surface area (Å²) < 4.78 is 4.74. The molecule has 4 rings (SSSR count). The van der Waals surface area contributed by atoms with Crippen molar-refractivity contribution < 1.29 is 19.1 Å². The van der Waals surface area contributed by atoms with E-state index >= 15 is 0 Å². The van der Waals surface area contributed by atoms with E-state index in [1.165, 1.54) is 7.11 Å². The monoisotopic (exact) mass is 430 g/mol. The molecule has 2 aromatic carbocycles. The number of likely N-dealkylation sites (tertiary alicyclic amines) is 1. The Morgan fingerprint density at radius 3 is 2.22 bits per heavy atom. The van der Waals surface area contributed by atoms with Crippen molar-refractivity contribution in [3.63, 3.8) is 0 Å². The predicted molar refractivity (Wildman–Crippen MR) is 121 cm³/mol. The van der Waals surface area contributed by atoms with Gasteiger partial charge in [0.05, 0.1) is 12.7 Å². The van der Waals surface area contributed by atoms with Gasteiger partial charge in [-0.1, -0.05) is 24.0 Å². The Balaban J connectivity index is 1.36. The zero-order chi connectivity index (χ0) is 22.5. The molecule has 1 aliphatic heterocycles. The van der Waals surface area contributed by atoms with E-state index in [0.717, 1.165) is 18.4 Å². The highest BCUT2D eigenvalue weighted by atomic mass is 16.5. The average molecular weight is 431 g/mol. The lowest BCUT2D eigenvalue weighted by Gasteiger charge is -2.31. The number of piperidine rings is 1. The normalized spacial score (nSPS) is 16.0. The third kappa shape index (κ3) is 5.36. The molecule has 32 heavy (non-hydrogen) atoms. The molecule has 0 aromatic heterocycles. The SMILES string of the molecule is COC(=O)c1cccc(C#Cc2cccc(NC(=O)C3CCN(C(=O)C4CC4)CC3)c2)c1. The largest absolute Gasteiger partial charge is 0.465 e. The number of esters is 1. The third-order valence-corrected chi connectivity index (χ3v) is 5.87. The number of hydrogen-bond donors (Lipinski definition) is 1. The molecular weight excluding hydrogens is 404 g/mol. The topological polar surface area (TPSA) is 75.7 Å². The van der Waals surface area contributed by atoms with Crippen LogP contribution in [0.3, 0.4) is 0 Å². The minimum absolute atomic E-state index is 0.0144. The van der Waals surface area contributed by atoms with Crippen LogP contribution in [-0.4, -0.2) is 42.9 Å². The van der Waals surface area contributed by atoms with E-state index in [9.17, 15) is 14.4 Å². The molecule has 0 atom stereocenters. The second kappa shape index (κ2) is 9.69. The summed E-state index contributed by atoms with van der Waals surface area (Å²) >= 11 is 0. The molecule has 2 aliphatic rings. The Morgan fingerprint density at radius 1 is 0.906 bits per heavy atom. The number of methoxy groups -OCH3 is 1. The van der Waals surface area contributed by atoms with E-state index in [-0.39, 0.29) is 23.7 Å².